The van der Waals surface area contributed by atoms with Crippen LogP contribution in [0.25, 0.3) is 11.4 Å². The van der Waals surface area contributed by atoms with Crippen molar-refractivity contribution in [1.29, 1.82) is 0 Å². The SMILES string of the molecule is Nn1[nH]c(-c2ccncc2)nc1=S. The fourth-order valence-corrected chi connectivity index (χ4v) is 1.11. The van der Waals surface area contributed by atoms with Crippen LogP contribution in [-0.2, 0) is 0 Å². The van der Waals surface area contributed by atoms with Crippen LogP contribution in [0.4, 0.5) is 0 Å². The van der Waals surface area contributed by atoms with Gasteiger partial charge in [0.25, 0.3) is 0 Å². The third-order valence-corrected chi connectivity index (χ3v) is 1.88. The first-order chi connectivity index (χ1) is 6.27. The van der Waals surface area contributed by atoms with Gasteiger partial charge in [0.15, 0.2) is 5.82 Å². The van der Waals surface area contributed by atoms with Gasteiger partial charge < -0.3 is 5.84 Å². The minimum absolute atomic E-state index is 0.326. The number of aromatic nitrogens is 4. The smallest absolute Gasteiger partial charge is 0.236 e. The van der Waals surface area contributed by atoms with Crippen molar-refractivity contribution in [2.24, 2.45) is 0 Å². The highest BCUT2D eigenvalue weighted by Crippen LogP contribution is 2.11. The summed E-state index contributed by atoms with van der Waals surface area (Å²) < 4.78 is 0.326. The molecule has 2 aromatic heterocycles. The molecule has 66 valence electrons. The molecule has 0 spiro atoms. The number of H-pyrrole nitrogens is 1. The van der Waals surface area contributed by atoms with Crippen LogP contribution in [0.2, 0.25) is 0 Å². The highest BCUT2D eigenvalue weighted by molar-refractivity contribution is 7.71. The summed E-state index contributed by atoms with van der Waals surface area (Å²) in [5.74, 6) is 6.10. The molecule has 6 heteroatoms. The van der Waals surface area contributed by atoms with Gasteiger partial charge in [-0.25, -0.2) is 0 Å². The first-order valence-corrected chi connectivity index (χ1v) is 4.03. The molecule has 0 radical (unpaired) electrons. The largest absolute Gasteiger partial charge is 0.322 e. The predicted octanol–water partition coefficient (Wildman–Crippen LogP) is 0.716. The summed E-state index contributed by atoms with van der Waals surface area (Å²) in [6.45, 7) is 0. The Balaban J connectivity index is 2.54. The highest BCUT2D eigenvalue weighted by atomic mass is 32.1. The lowest BCUT2D eigenvalue weighted by Crippen LogP contribution is -2.09. The average Bonchev–Trinajstić information content (AvgIpc) is 2.49. The molecule has 0 amide bonds. The Morgan fingerprint density at radius 2 is 2.08 bits per heavy atom. The average molecular weight is 193 g/mol. The van der Waals surface area contributed by atoms with Crippen LogP contribution >= 0.6 is 12.2 Å². The van der Waals surface area contributed by atoms with Gasteiger partial charge in [-0.2, -0.15) is 9.77 Å². The Hall–Kier alpha value is -1.69. The second-order valence-electron chi connectivity index (χ2n) is 2.46. The van der Waals surface area contributed by atoms with Gasteiger partial charge in [0.2, 0.25) is 4.77 Å². The number of hydrogen-bond acceptors (Lipinski definition) is 4. The molecule has 0 saturated carbocycles. The van der Waals surface area contributed by atoms with Crippen LogP contribution in [-0.4, -0.2) is 19.9 Å². The normalized spacial score (nSPS) is 10.2. The molecule has 5 nitrogen and oxygen atoms in total. The molecular formula is C7H7N5S. The summed E-state index contributed by atoms with van der Waals surface area (Å²) in [7, 11) is 0. The Morgan fingerprint density at radius 3 is 2.62 bits per heavy atom. The van der Waals surface area contributed by atoms with Gasteiger partial charge in [0.1, 0.15) is 0 Å². The Morgan fingerprint density at radius 1 is 1.38 bits per heavy atom. The number of rotatable bonds is 1. The predicted molar refractivity (Wildman–Crippen MR) is 50.8 cm³/mol. The minimum Gasteiger partial charge on any atom is -0.322 e. The summed E-state index contributed by atoms with van der Waals surface area (Å²) >= 11 is 4.85. The Bertz CT molecular complexity index is 457. The molecular weight excluding hydrogens is 186 g/mol. The fourth-order valence-electron chi connectivity index (χ4n) is 0.975. The fraction of sp³-hybridized carbons (Fsp3) is 0. The molecule has 0 atom stereocenters. The zero-order chi connectivity index (χ0) is 9.26. The highest BCUT2D eigenvalue weighted by Gasteiger charge is 2.01. The second-order valence-corrected chi connectivity index (χ2v) is 2.83. The molecule has 0 saturated heterocycles. The summed E-state index contributed by atoms with van der Waals surface area (Å²) in [6, 6.07) is 3.65. The van der Waals surface area contributed by atoms with Crippen molar-refractivity contribution in [3.8, 4) is 11.4 Å². The van der Waals surface area contributed by atoms with Gasteiger partial charge in [0.05, 0.1) is 0 Å². The van der Waals surface area contributed by atoms with Crippen LogP contribution in [0.5, 0.6) is 0 Å². The summed E-state index contributed by atoms with van der Waals surface area (Å²) in [4.78, 5) is 9.14. The van der Waals surface area contributed by atoms with E-state index in [9.17, 15) is 0 Å². The van der Waals surface area contributed by atoms with Crippen molar-refractivity contribution in [1.82, 2.24) is 19.9 Å². The quantitative estimate of drug-likeness (QED) is 0.517. The third-order valence-electron chi connectivity index (χ3n) is 1.59. The van der Waals surface area contributed by atoms with Crippen molar-refractivity contribution < 1.29 is 0 Å². The number of pyridine rings is 1. The molecule has 0 aromatic carbocycles. The lowest BCUT2D eigenvalue weighted by Gasteiger charge is -1.92. The van der Waals surface area contributed by atoms with E-state index in [1.54, 1.807) is 12.4 Å². The number of nitrogens with one attached hydrogen (secondary N) is 1. The first kappa shape index (κ1) is 7.93. The zero-order valence-electron chi connectivity index (χ0n) is 6.64. The molecule has 2 heterocycles. The summed E-state index contributed by atoms with van der Waals surface area (Å²) in [6.07, 6.45) is 3.36. The molecule has 0 aliphatic carbocycles. The van der Waals surface area contributed by atoms with E-state index in [2.05, 4.69) is 15.1 Å². The second kappa shape index (κ2) is 2.98. The third kappa shape index (κ3) is 1.43. The van der Waals surface area contributed by atoms with Crippen molar-refractivity contribution in [2.75, 3.05) is 5.84 Å². The van der Waals surface area contributed by atoms with Crippen LogP contribution in [0, 0.1) is 4.77 Å². The number of aromatic amines is 1. The molecule has 0 aliphatic heterocycles. The topological polar surface area (TPSA) is 72.5 Å². The maximum absolute atomic E-state index is 5.46. The number of nitrogens with zero attached hydrogens (tertiary/aromatic N) is 3. The van der Waals surface area contributed by atoms with Crippen molar-refractivity contribution in [3.63, 3.8) is 0 Å². The van der Waals surface area contributed by atoms with Crippen LogP contribution < -0.4 is 5.84 Å². The van der Waals surface area contributed by atoms with Crippen LogP contribution in [0.15, 0.2) is 24.5 Å². The van der Waals surface area contributed by atoms with E-state index >= 15 is 0 Å². The van der Waals surface area contributed by atoms with Crippen molar-refractivity contribution in [2.45, 2.75) is 0 Å². The van der Waals surface area contributed by atoms with Crippen molar-refractivity contribution in [3.05, 3.63) is 29.3 Å². The lowest BCUT2D eigenvalue weighted by molar-refractivity contribution is 0.820. The molecule has 0 fully saturated rings. The van der Waals surface area contributed by atoms with Gasteiger partial charge in [-0.05, 0) is 24.4 Å². The summed E-state index contributed by atoms with van der Waals surface area (Å²) in [5.41, 5.74) is 0.908. The molecule has 2 aromatic rings. The van der Waals surface area contributed by atoms with Crippen molar-refractivity contribution >= 4 is 12.2 Å². The first-order valence-electron chi connectivity index (χ1n) is 3.62. The zero-order valence-corrected chi connectivity index (χ0v) is 7.45. The number of nitrogen functional groups attached to an aromatic ring is 1. The van der Waals surface area contributed by atoms with E-state index in [-0.39, 0.29) is 0 Å². The van der Waals surface area contributed by atoms with E-state index in [4.69, 9.17) is 18.1 Å². The Kier molecular flexibility index (Phi) is 1.82. The van der Waals surface area contributed by atoms with E-state index in [1.807, 2.05) is 12.1 Å². The maximum atomic E-state index is 5.46. The van der Waals surface area contributed by atoms with Gasteiger partial charge in [0, 0.05) is 18.0 Å². The molecule has 13 heavy (non-hydrogen) atoms. The number of hydrogen-bond donors (Lipinski definition) is 2. The lowest BCUT2D eigenvalue weighted by atomic mass is 10.3. The number of nitrogens with two attached hydrogens (primary N) is 1. The van der Waals surface area contributed by atoms with Crippen LogP contribution in [0.3, 0.4) is 0 Å². The standard InChI is InChI=1S/C7H7N5S/c8-12-7(13)10-6(11-12)5-1-3-9-4-2-5/h1-4H,8H2,(H,10,11,13). The Labute approximate surface area is 79.2 Å². The van der Waals surface area contributed by atoms with Gasteiger partial charge in [-0.1, -0.05) is 0 Å². The minimum atomic E-state index is 0.326. The molecule has 2 rings (SSSR count). The van der Waals surface area contributed by atoms with E-state index in [1.165, 1.54) is 4.79 Å². The monoisotopic (exact) mass is 193 g/mol. The molecule has 3 N–H and O–H groups in total. The van der Waals surface area contributed by atoms with Gasteiger partial charge >= 0.3 is 0 Å². The van der Waals surface area contributed by atoms with E-state index < -0.39 is 0 Å². The van der Waals surface area contributed by atoms with Gasteiger partial charge in [-0.15, -0.1) is 0 Å². The molecule has 0 unspecified atom stereocenters. The molecule has 0 bridgehead atoms. The maximum Gasteiger partial charge on any atom is 0.236 e. The van der Waals surface area contributed by atoms with Crippen LogP contribution in [0.1, 0.15) is 0 Å². The van der Waals surface area contributed by atoms with E-state index in [0.29, 0.717) is 10.6 Å². The molecule has 0 aliphatic rings. The van der Waals surface area contributed by atoms with E-state index in [0.717, 1.165) is 5.56 Å². The van der Waals surface area contributed by atoms with Gasteiger partial charge in [-0.3, -0.25) is 10.1 Å². The summed E-state index contributed by atoms with van der Waals surface area (Å²) in [5, 5.41) is 2.81.